The number of nitrogens with one attached hydrogen (secondary N) is 2. The fourth-order valence-corrected chi connectivity index (χ4v) is 2.92. The Morgan fingerprint density at radius 3 is 2.52 bits per heavy atom. The molecule has 0 atom stereocenters. The molecule has 0 aliphatic rings. The quantitative estimate of drug-likeness (QED) is 0.666. The van der Waals surface area contributed by atoms with Crippen LogP contribution in [0.25, 0.3) is 0 Å². The van der Waals surface area contributed by atoms with Crippen molar-refractivity contribution in [1.82, 2.24) is 10.2 Å². The van der Waals surface area contributed by atoms with E-state index in [1.165, 1.54) is 11.8 Å². The Bertz CT molecular complexity index is 818. The lowest BCUT2D eigenvalue weighted by Gasteiger charge is -2.06. The second-order valence-electron chi connectivity index (χ2n) is 4.69. The van der Waals surface area contributed by atoms with Crippen LogP contribution in [0.2, 0.25) is 5.02 Å². The molecule has 1 heterocycles. The van der Waals surface area contributed by atoms with Crippen molar-refractivity contribution in [3.05, 3.63) is 65.2 Å². The monoisotopic (exact) mass is 344 g/mol. The van der Waals surface area contributed by atoms with Gasteiger partial charge in [-0.3, -0.25) is 9.89 Å². The van der Waals surface area contributed by atoms with Crippen molar-refractivity contribution in [2.75, 3.05) is 11.1 Å². The summed E-state index contributed by atoms with van der Waals surface area (Å²) in [5.41, 5.74) is 6.84. The van der Waals surface area contributed by atoms with Gasteiger partial charge < -0.3 is 11.1 Å². The van der Waals surface area contributed by atoms with Crippen LogP contribution in [0.15, 0.2) is 64.5 Å². The number of carbonyl (C=O) groups excluding carboxylic acids is 1. The number of nitrogen functional groups attached to an aromatic ring is 1. The van der Waals surface area contributed by atoms with Gasteiger partial charge in [0.2, 0.25) is 0 Å². The van der Waals surface area contributed by atoms with Crippen LogP contribution in [-0.4, -0.2) is 16.1 Å². The first-order valence-electron chi connectivity index (χ1n) is 6.77. The summed E-state index contributed by atoms with van der Waals surface area (Å²) in [5, 5.41) is 10.8. The highest BCUT2D eigenvalue weighted by Gasteiger charge is 2.16. The van der Waals surface area contributed by atoms with Gasteiger partial charge >= 0.3 is 0 Å². The van der Waals surface area contributed by atoms with Crippen molar-refractivity contribution in [2.24, 2.45) is 0 Å². The number of nitrogens with zero attached hydrogens (tertiary/aromatic N) is 1. The Balaban J connectivity index is 1.81. The number of hydrogen-bond acceptors (Lipinski definition) is 4. The molecule has 116 valence electrons. The lowest BCUT2D eigenvalue weighted by atomic mass is 10.2. The van der Waals surface area contributed by atoms with E-state index in [0.717, 1.165) is 4.90 Å². The van der Waals surface area contributed by atoms with Crippen molar-refractivity contribution >= 4 is 40.8 Å². The molecule has 23 heavy (non-hydrogen) atoms. The fourth-order valence-electron chi connectivity index (χ4n) is 1.92. The van der Waals surface area contributed by atoms with Crippen LogP contribution >= 0.6 is 23.4 Å². The van der Waals surface area contributed by atoms with Gasteiger partial charge in [-0.05, 0) is 36.4 Å². The maximum Gasteiger partial charge on any atom is 0.255 e. The highest BCUT2D eigenvalue weighted by atomic mass is 35.5. The SMILES string of the molecule is Nc1[nH]nc(Sc2ccccc2)c1NC(=O)c1ccc(Cl)cc1. The van der Waals surface area contributed by atoms with Crippen LogP contribution in [0.4, 0.5) is 11.5 Å². The Morgan fingerprint density at radius 2 is 1.83 bits per heavy atom. The summed E-state index contributed by atoms with van der Waals surface area (Å²) in [5.74, 6) is 0.0374. The summed E-state index contributed by atoms with van der Waals surface area (Å²) in [6.07, 6.45) is 0. The molecule has 0 bridgehead atoms. The van der Waals surface area contributed by atoms with E-state index in [9.17, 15) is 4.79 Å². The first-order chi connectivity index (χ1) is 11.1. The Labute approximate surface area is 142 Å². The normalized spacial score (nSPS) is 10.5. The third-order valence-electron chi connectivity index (χ3n) is 3.06. The predicted octanol–water partition coefficient (Wildman–Crippen LogP) is 4.05. The number of halogens is 1. The summed E-state index contributed by atoms with van der Waals surface area (Å²) in [4.78, 5) is 13.3. The molecule has 0 fully saturated rings. The van der Waals surface area contributed by atoms with E-state index < -0.39 is 0 Å². The minimum Gasteiger partial charge on any atom is -0.382 e. The number of benzene rings is 2. The van der Waals surface area contributed by atoms with E-state index >= 15 is 0 Å². The Kier molecular flexibility index (Phi) is 4.55. The van der Waals surface area contributed by atoms with Crippen LogP contribution in [-0.2, 0) is 0 Å². The van der Waals surface area contributed by atoms with Crippen LogP contribution in [0.3, 0.4) is 0 Å². The lowest BCUT2D eigenvalue weighted by molar-refractivity contribution is 0.102. The van der Waals surface area contributed by atoms with Crippen molar-refractivity contribution in [2.45, 2.75) is 9.92 Å². The first kappa shape index (κ1) is 15.5. The highest BCUT2D eigenvalue weighted by molar-refractivity contribution is 7.99. The van der Waals surface area contributed by atoms with Gasteiger partial charge in [-0.1, -0.05) is 41.6 Å². The molecule has 2 aromatic carbocycles. The summed E-state index contributed by atoms with van der Waals surface area (Å²) in [6, 6.07) is 16.3. The first-order valence-corrected chi connectivity index (χ1v) is 7.96. The number of rotatable bonds is 4. The third-order valence-corrected chi connectivity index (χ3v) is 4.31. The number of carbonyl (C=O) groups is 1. The van der Waals surface area contributed by atoms with Gasteiger partial charge in [0, 0.05) is 15.5 Å². The molecular formula is C16H13ClN4OS. The van der Waals surface area contributed by atoms with Crippen LogP contribution < -0.4 is 11.1 Å². The van der Waals surface area contributed by atoms with Crippen molar-refractivity contribution < 1.29 is 4.79 Å². The van der Waals surface area contributed by atoms with E-state index in [1.807, 2.05) is 30.3 Å². The molecule has 4 N–H and O–H groups in total. The fraction of sp³-hybridized carbons (Fsp3) is 0. The smallest absolute Gasteiger partial charge is 0.255 e. The number of aromatic nitrogens is 2. The van der Waals surface area contributed by atoms with Crippen LogP contribution in [0.1, 0.15) is 10.4 Å². The van der Waals surface area contributed by atoms with Gasteiger partial charge in [0.1, 0.15) is 16.5 Å². The maximum atomic E-state index is 12.3. The van der Waals surface area contributed by atoms with Gasteiger partial charge in [0.25, 0.3) is 5.91 Å². The van der Waals surface area contributed by atoms with Crippen molar-refractivity contribution in [3.63, 3.8) is 0 Å². The lowest BCUT2D eigenvalue weighted by Crippen LogP contribution is -2.13. The van der Waals surface area contributed by atoms with Gasteiger partial charge in [-0.25, -0.2) is 0 Å². The maximum absolute atomic E-state index is 12.3. The van der Waals surface area contributed by atoms with Crippen molar-refractivity contribution in [1.29, 1.82) is 0 Å². The molecule has 1 amide bonds. The standard InChI is InChI=1S/C16H13ClN4OS/c17-11-8-6-10(7-9-11)15(22)19-13-14(18)20-21-16(13)23-12-4-2-1-3-5-12/h1-9H,(H,19,22)(H3,18,20,21). The number of nitrogens with two attached hydrogens (primary N) is 1. The number of anilines is 2. The molecule has 0 saturated carbocycles. The molecular weight excluding hydrogens is 332 g/mol. The third kappa shape index (κ3) is 3.67. The molecule has 0 aliphatic heterocycles. The molecule has 3 aromatic rings. The molecule has 3 rings (SSSR count). The molecule has 0 unspecified atom stereocenters. The van der Waals surface area contributed by atoms with Gasteiger partial charge in [0.05, 0.1) is 0 Å². The zero-order valence-electron chi connectivity index (χ0n) is 11.9. The molecule has 0 aliphatic carbocycles. The van der Waals surface area contributed by atoms with Crippen molar-refractivity contribution in [3.8, 4) is 0 Å². The zero-order valence-corrected chi connectivity index (χ0v) is 13.5. The zero-order chi connectivity index (χ0) is 16.2. The minimum atomic E-state index is -0.273. The molecule has 1 aromatic heterocycles. The molecule has 0 radical (unpaired) electrons. The second kappa shape index (κ2) is 6.76. The second-order valence-corrected chi connectivity index (χ2v) is 6.19. The number of aromatic amines is 1. The predicted molar refractivity (Wildman–Crippen MR) is 93.0 cm³/mol. The highest BCUT2D eigenvalue weighted by Crippen LogP contribution is 2.34. The van der Waals surface area contributed by atoms with Gasteiger partial charge in [-0.15, -0.1) is 0 Å². The summed E-state index contributed by atoms with van der Waals surface area (Å²) in [6.45, 7) is 0. The summed E-state index contributed by atoms with van der Waals surface area (Å²) >= 11 is 7.25. The average Bonchev–Trinajstić information content (AvgIpc) is 2.89. The number of H-pyrrole nitrogens is 1. The van der Waals surface area contributed by atoms with E-state index in [4.69, 9.17) is 17.3 Å². The Hall–Kier alpha value is -2.44. The largest absolute Gasteiger partial charge is 0.382 e. The van der Waals surface area contributed by atoms with E-state index in [1.54, 1.807) is 24.3 Å². The molecule has 5 nitrogen and oxygen atoms in total. The summed E-state index contributed by atoms with van der Waals surface area (Å²) in [7, 11) is 0. The van der Waals surface area contributed by atoms with Crippen LogP contribution in [0, 0.1) is 0 Å². The minimum absolute atomic E-state index is 0.273. The summed E-state index contributed by atoms with van der Waals surface area (Å²) < 4.78 is 0. The average molecular weight is 345 g/mol. The van der Waals surface area contributed by atoms with Gasteiger partial charge in [-0.2, -0.15) is 5.10 Å². The molecule has 0 saturated heterocycles. The van der Waals surface area contributed by atoms with Gasteiger partial charge in [0.15, 0.2) is 0 Å². The molecule has 0 spiro atoms. The number of amides is 1. The van der Waals surface area contributed by atoms with E-state index in [-0.39, 0.29) is 5.91 Å². The van der Waals surface area contributed by atoms with E-state index in [2.05, 4.69) is 15.5 Å². The van der Waals surface area contributed by atoms with E-state index in [0.29, 0.717) is 27.1 Å². The topological polar surface area (TPSA) is 83.8 Å². The van der Waals surface area contributed by atoms with Crippen LogP contribution in [0.5, 0.6) is 0 Å². The Morgan fingerprint density at radius 1 is 1.13 bits per heavy atom. The number of hydrogen-bond donors (Lipinski definition) is 3. The molecule has 7 heteroatoms.